The third-order valence-corrected chi connectivity index (χ3v) is 4.86. The first kappa shape index (κ1) is 16.6. The summed E-state index contributed by atoms with van der Waals surface area (Å²) in [5.41, 5.74) is 7.71. The number of aryl methyl sites for hydroxylation is 1. The molecule has 3 N–H and O–H groups in total. The van der Waals surface area contributed by atoms with Crippen molar-refractivity contribution in [3.8, 4) is 5.88 Å². The summed E-state index contributed by atoms with van der Waals surface area (Å²) in [5, 5.41) is 3.53. The summed E-state index contributed by atoms with van der Waals surface area (Å²) in [6, 6.07) is 8.32. The molecule has 6 heteroatoms. The predicted molar refractivity (Wildman–Crippen MR) is 95.0 cm³/mol. The molecule has 0 bridgehead atoms. The predicted octanol–water partition coefficient (Wildman–Crippen LogP) is 2.33. The first-order valence-corrected chi connectivity index (χ1v) is 9.11. The van der Waals surface area contributed by atoms with Crippen molar-refractivity contribution in [3.05, 3.63) is 47.5 Å². The van der Waals surface area contributed by atoms with Gasteiger partial charge >= 0.3 is 0 Å². The van der Waals surface area contributed by atoms with Crippen molar-refractivity contribution in [2.45, 2.75) is 32.4 Å². The van der Waals surface area contributed by atoms with Crippen molar-refractivity contribution in [2.24, 2.45) is 11.8 Å². The average molecular weight is 342 g/mol. The van der Waals surface area contributed by atoms with Gasteiger partial charge in [0, 0.05) is 37.8 Å². The van der Waals surface area contributed by atoms with Crippen LogP contribution in [0.5, 0.6) is 5.88 Å². The molecule has 0 radical (unpaired) electrons. The molecule has 2 aromatic heterocycles. The van der Waals surface area contributed by atoms with Crippen molar-refractivity contribution in [2.75, 3.05) is 19.7 Å². The Balaban J connectivity index is 1.24. The van der Waals surface area contributed by atoms with Gasteiger partial charge in [-0.05, 0) is 43.4 Å². The van der Waals surface area contributed by atoms with Gasteiger partial charge in [-0.2, -0.15) is 0 Å². The summed E-state index contributed by atoms with van der Waals surface area (Å²) >= 11 is 0. The Kier molecular flexibility index (Phi) is 5.01. The lowest BCUT2D eigenvalue weighted by Crippen LogP contribution is -2.28. The summed E-state index contributed by atoms with van der Waals surface area (Å²) in [6.45, 7) is 5.41. The fourth-order valence-electron chi connectivity index (χ4n) is 3.14. The van der Waals surface area contributed by atoms with Gasteiger partial charge in [0.2, 0.25) is 5.88 Å². The van der Waals surface area contributed by atoms with Crippen molar-refractivity contribution in [1.29, 1.82) is 0 Å². The minimum absolute atomic E-state index is 0.206. The van der Waals surface area contributed by atoms with Crippen molar-refractivity contribution in [1.82, 2.24) is 21.2 Å². The van der Waals surface area contributed by atoms with Gasteiger partial charge in [0.15, 0.2) is 0 Å². The van der Waals surface area contributed by atoms with E-state index in [1.54, 1.807) is 0 Å². The molecular weight excluding hydrogens is 316 g/mol. The maximum Gasteiger partial charge on any atom is 0.213 e. The van der Waals surface area contributed by atoms with Crippen molar-refractivity contribution in [3.63, 3.8) is 0 Å². The molecule has 2 fully saturated rings. The molecular formula is C19H26N4O2. The van der Waals surface area contributed by atoms with Crippen LogP contribution >= 0.6 is 0 Å². The van der Waals surface area contributed by atoms with Gasteiger partial charge in [-0.3, -0.25) is 5.43 Å². The van der Waals surface area contributed by atoms with Crippen LogP contribution in [0, 0.1) is 18.8 Å². The van der Waals surface area contributed by atoms with Crippen LogP contribution in [0.2, 0.25) is 0 Å². The molecule has 1 aliphatic heterocycles. The lowest BCUT2D eigenvalue weighted by atomic mass is 10.00. The van der Waals surface area contributed by atoms with Crippen LogP contribution in [0.3, 0.4) is 0 Å². The maximum absolute atomic E-state index is 5.77. The third-order valence-electron chi connectivity index (χ3n) is 4.86. The number of furan rings is 1. The van der Waals surface area contributed by atoms with Gasteiger partial charge < -0.3 is 14.5 Å². The zero-order valence-electron chi connectivity index (χ0n) is 14.6. The summed E-state index contributed by atoms with van der Waals surface area (Å²) in [6.07, 6.45) is 4.49. The van der Waals surface area contributed by atoms with Crippen LogP contribution in [0.25, 0.3) is 0 Å². The number of pyridine rings is 1. The molecule has 1 saturated heterocycles. The highest BCUT2D eigenvalue weighted by molar-refractivity contribution is 5.18. The van der Waals surface area contributed by atoms with Crippen LogP contribution in [-0.2, 0) is 6.54 Å². The monoisotopic (exact) mass is 342 g/mol. The van der Waals surface area contributed by atoms with Gasteiger partial charge in [0.1, 0.15) is 11.5 Å². The minimum Gasteiger partial charge on any atom is -0.477 e. The zero-order valence-corrected chi connectivity index (χ0v) is 14.6. The number of hydrogen-bond acceptors (Lipinski definition) is 6. The lowest BCUT2D eigenvalue weighted by molar-refractivity contribution is 0.288. The van der Waals surface area contributed by atoms with Crippen LogP contribution in [0.4, 0.5) is 0 Å². The summed E-state index contributed by atoms with van der Waals surface area (Å²) in [4.78, 5) is 4.39. The molecule has 0 aromatic carbocycles. The number of hydrazine groups is 1. The first-order valence-electron chi connectivity index (χ1n) is 9.11. The molecule has 6 nitrogen and oxygen atoms in total. The normalized spacial score (nSPS) is 23.1. The smallest absolute Gasteiger partial charge is 0.213 e. The van der Waals surface area contributed by atoms with E-state index in [2.05, 4.69) is 33.3 Å². The van der Waals surface area contributed by atoms with Crippen LogP contribution in [0.1, 0.15) is 36.0 Å². The number of hydrogen-bond donors (Lipinski definition) is 3. The van der Waals surface area contributed by atoms with E-state index in [9.17, 15) is 0 Å². The second-order valence-corrected chi connectivity index (χ2v) is 7.10. The lowest BCUT2D eigenvalue weighted by Gasteiger charge is -2.17. The van der Waals surface area contributed by atoms with Gasteiger partial charge in [-0.15, -0.1) is 0 Å². The van der Waals surface area contributed by atoms with Gasteiger partial charge in [0.25, 0.3) is 0 Å². The fourth-order valence-corrected chi connectivity index (χ4v) is 3.14. The quantitative estimate of drug-likeness (QED) is 0.684. The number of rotatable bonds is 8. The molecule has 2 unspecified atom stereocenters. The van der Waals surface area contributed by atoms with Gasteiger partial charge in [-0.25, -0.2) is 10.4 Å². The highest BCUT2D eigenvalue weighted by Crippen LogP contribution is 2.29. The second kappa shape index (κ2) is 7.56. The molecule has 4 rings (SSSR count). The standard InChI is InChI=1S/C19H26N4O2/c1-13-2-6-17(25-13)19-16(11-22-23-19)10-20-8-15-5-7-18(21-9-15)24-12-14-3-4-14/h2,5-7,9,14,16,19-20,22-23H,3-4,8,10-12H2,1H3. The van der Waals surface area contributed by atoms with Gasteiger partial charge in [-0.1, -0.05) is 6.07 Å². The Morgan fingerprint density at radius 2 is 2.20 bits per heavy atom. The Labute approximate surface area is 148 Å². The molecule has 0 spiro atoms. The molecule has 1 aliphatic carbocycles. The average Bonchev–Trinajstić information content (AvgIpc) is 3.17. The van der Waals surface area contributed by atoms with E-state index < -0.39 is 0 Å². The largest absolute Gasteiger partial charge is 0.477 e. The molecule has 3 heterocycles. The van der Waals surface area contributed by atoms with Crippen molar-refractivity contribution >= 4 is 0 Å². The van der Waals surface area contributed by atoms with E-state index in [-0.39, 0.29) is 6.04 Å². The Bertz CT molecular complexity index is 681. The Morgan fingerprint density at radius 1 is 1.28 bits per heavy atom. The number of nitrogens with zero attached hydrogens (tertiary/aromatic N) is 1. The summed E-state index contributed by atoms with van der Waals surface area (Å²) in [5.74, 6) is 3.87. The van der Waals surface area contributed by atoms with Crippen LogP contribution < -0.4 is 20.9 Å². The highest BCUT2D eigenvalue weighted by Gasteiger charge is 2.30. The Hall–Kier alpha value is -1.89. The third kappa shape index (κ3) is 4.39. The van der Waals surface area contributed by atoms with Crippen molar-refractivity contribution < 1.29 is 9.15 Å². The molecule has 2 aromatic rings. The molecule has 2 aliphatic rings. The number of aromatic nitrogens is 1. The van der Waals surface area contributed by atoms with E-state index >= 15 is 0 Å². The molecule has 25 heavy (non-hydrogen) atoms. The van der Waals surface area contributed by atoms with Crippen LogP contribution in [-0.4, -0.2) is 24.7 Å². The SMILES string of the molecule is Cc1ccc(C2NNCC2CNCc2ccc(OCC3CC3)nc2)o1. The van der Waals surface area contributed by atoms with E-state index in [4.69, 9.17) is 9.15 Å². The summed E-state index contributed by atoms with van der Waals surface area (Å²) < 4.78 is 11.4. The number of ether oxygens (including phenoxy) is 1. The van der Waals surface area contributed by atoms with E-state index in [1.807, 2.05) is 25.3 Å². The zero-order chi connectivity index (χ0) is 17.1. The first-order chi connectivity index (χ1) is 12.3. The molecule has 1 saturated carbocycles. The second-order valence-electron chi connectivity index (χ2n) is 7.10. The Morgan fingerprint density at radius 3 is 2.92 bits per heavy atom. The molecule has 2 atom stereocenters. The maximum atomic E-state index is 5.77. The molecule has 134 valence electrons. The fraction of sp³-hybridized carbons (Fsp3) is 0.526. The topological polar surface area (TPSA) is 71.3 Å². The minimum atomic E-state index is 0.206. The van der Waals surface area contributed by atoms with E-state index in [0.717, 1.165) is 49.6 Å². The van der Waals surface area contributed by atoms with E-state index in [1.165, 1.54) is 18.4 Å². The van der Waals surface area contributed by atoms with Gasteiger partial charge in [0.05, 0.1) is 12.6 Å². The highest BCUT2D eigenvalue weighted by atomic mass is 16.5. The number of nitrogens with one attached hydrogen (secondary N) is 3. The van der Waals surface area contributed by atoms with Crippen LogP contribution in [0.15, 0.2) is 34.9 Å². The molecule has 0 amide bonds. The van der Waals surface area contributed by atoms with E-state index in [0.29, 0.717) is 5.92 Å². The summed E-state index contributed by atoms with van der Waals surface area (Å²) in [7, 11) is 0.